The summed E-state index contributed by atoms with van der Waals surface area (Å²) < 4.78 is 16.3. The van der Waals surface area contributed by atoms with Crippen LogP contribution in [0, 0.1) is 5.92 Å². The highest BCUT2D eigenvalue weighted by atomic mass is 16.6. The number of carbonyl (C=O) groups is 3. The maximum absolute atomic E-state index is 13.5. The Balaban J connectivity index is 1.94. The van der Waals surface area contributed by atoms with Crippen LogP contribution in [0.15, 0.2) is 60.4 Å². The lowest BCUT2D eigenvalue weighted by Crippen LogP contribution is -2.39. The topological polar surface area (TPSA) is 82.1 Å². The largest absolute Gasteiger partial charge is 0.472 e. The first-order chi connectivity index (χ1) is 14.9. The van der Waals surface area contributed by atoms with Crippen LogP contribution in [0.5, 0.6) is 0 Å². The maximum atomic E-state index is 13.5. The van der Waals surface area contributed by atoms with Gasteiger partial charge in [-0.2, -0.15) is 0 Å². The fourth-order valence-electron chi connectivity index (χ4n) is 3.09. The smallest absolute Gasteiger partial charge is 0.308 e. The van der Waals surface area contributed by atoms with Crippen molar-refractivity contribution >= 4 is 29.1 Å². The number of esters is 2. The standard InChI is InChI=1S/C24H25NO6/c1-16(2)24(28)30-13-19-11-7-8-12-20(19)25-15-31-21(14-29-17(3)26)22(23(25)27)18-9-5-4-6-10-18/h4-12,16H,13-15H2,1-3H3. The van der Waals surface area contributed by atoms with Gasteiger partial charge in [0.15, 0.2) is 6.73 Å². The molecule has 1 heterocycles. The number of nitrogens with zero attached hydrogens (tertiary/aromatic N) is 1. The summed E-state index contributed by atoms with van der Waals surface area (Å²) >= 11 is 0. The number of hydrogen-bond donors (Lipinski definition) is 0. The van der Waals surface area contributed by atoms with Crippen LogP contribution < -0.4 is 4.90 Å². The van der Waals surface area contributed by atoms with Gasteiger partial charge in [-0.15, -0.1) is 0 Å². The van der Waals surface area contributed by atoms with E-state index >= 15 is 0 Å². The first-order valence-electron chi connectivity index (χ1n) is 9.99. The minimum Gasteiger partial charge on any atom is -0.472 e. The zero-order chi connectivity index (χ0) is 22.4. The monoisotopic (exact) mass is 423 g/mol. The second-order valence-corrected chi connectivity index (χ2v) is 7.34. The van der Waals surface area contributed by atoms with Gasteiger partial charge in [0, 0.05) is 12.5 Å². The number of ether oxygens (including phenoxy) is 3. The molecular formula is C24H25NO6. The van der Waals surface area contributed by atoms with Crippen LogP contribution in [0.25, 0.3) is 5.57 Å². The molecule has 162 valence electrons. The highest BCUT2D eigenvalue weighted by Gasteiger charge is 2.32. The summed E-state index contributed by atoms with van der Waals surface area (Å²) in [6.07, 6.45) is 0. The maximum Gasteiger partial charge on any atom is 0.308 e. The molecule has 0 aromatic heterocycles. The number of hydrogen-bond acceptors (Lipinski definition) is 6. The summed E-state index contributed by atoms with van der Waals surface area (Å²) in [6, 6.07) is 16.3. The van der Waals surface area contributed by atoms with Gasteiger partial charge in [0.05, 0.1) is 17.2 Å². The minimum atomic E-state index is -0.462. The van der Waals surface area contributed by atoms with Crippen molar-refractivity contribution in [3.8, 4) is 0 Å². The van der Waals surface area contributed by atoms with E-state index < -0.39 is 5.97 Å². The van der Waals surface area contributed by atoms with E-state index in [0.717, 1.165) is 0 Å². The molecule has 1 aliphatic rings. The fraction of sp³-hybridized carbons (Fsp3) is 0.292. The number of para-hydroxylation sites is 1. The zero-order valence-electron chi connectivity index (χ0n) is 17.8. The van der Waals surface area contributed by atoms with Gasteiger partial charge in [-0.25, -0.2) is 0 Å². The van der Waals surface area contributed by atoms with E-state index in [1.807, 2.05) is 24.3 Å². The van der Waals surface area contributed by atoms with Gasteiger partial charge in [0.25, 0.3) is 5.91 Å². The molecule has 0 bridgehead atoms. The first-order valence-corrected chi connectivity index (χ1v) is 9.99. The highest BCUT2D eigenvalue weighted by molar-refractivity contribution is 6.27. The van der Waals surface area contributed by atoms with Gasteiger partial charge >= 0.3 is 11.9 Å². The van der Waals surface area contributed by atoms with E-state index in [1.165, 1.54) is 11.8 Å². The predicted octanol–water partition coefficient (Wildman–Crippen LogP) is 3.68. The molecule has 7 nitrogen and oxygen atoms in total. The Morgan fingerprint density at radius 2 is 1.68 bits per heavy atom. The van der Waals surface area contributed by atoms with Gasteiger partial charge in [-0.05, 0) is 11.6 Å². The number of carbonyl (C=O) groups excluding carboxylic acids is 3. The molecule has 31 heavy (non-hydrogen) atoms. The quantitative estimate of drug-likeness (QED) is 0.632. The summed E-state index contributed by atoms with van der Waals surface area (Å²) in [5, 5.41) is 0. The Kier molecular flexibility index (Phi) is 7.07. The lowest BCUT2D eigenvalue weighted by Gasteiger charge is -2.32. The van der Waals surface area contributed by atoms with E-state index in [-0.39, 0.29) is 37.7 Å². The molecule has 0 saturated heterocycles. The molecule has 0 saturated carbocycles. The predicted molar refractivity (Wildman–Crippen MR) is 115 cm³/mol. The van der Waals surface area contributed by atoms with E-state index in [4.69, 9.17) is 14.2 Å². The molecular weight excluding hydrogens is 398 g/mol. The summed E-state index contributed by atoms with van der Waals surface area (Å²) in [7, 11) is 0. The van der Waals surface area contributed by atoms with Gasteiger partial charge in [-0.3, -0.25) is 19.3 Å². The molecule has 0 fully saturated rings. The number of anilines is 1. The SMILES string of the molecule is CC(=O)OCC1=C(c2ccccc2)C(=O)N(c2ccccc2COC(=O)C(C)C)CO1. The van der Waals surface area contributed by atoms with Crippen molar-refractivity contribution in [1.29, 1.82) is 0 Å². The van der Waals surface area contributed by atoms with Crippen LogP contribution in [-0.2, 0) is 35.2 Å². The van der Waals surface area contributed by atoms with Crippen LogP contribution in [0.2, 0.25) is 0 Å². The van der Waals surface area contributed by atoms with Crippen molar-refractivity contribution in [2.75, 3.05) is 18.2 Å². The number of benzene rings is 2. The Morgan fingerprint density at radius 3 is 2.35 bits per heavy atom. The molecule has 0 spiro atoms. The molecule has 0 N–H and O–H groups in total. The normalized spacial score (nSPS) is 13.8. The summed E-state index contributed by atoms with van der Waals surface area (Å²) in [4.78, 5) is 38.2. The van der Waals surface area contributed by atoms with Crippen molar-refractivity contribution in [2.24, 2.45) is 5.92 Å². The molecule has 0 aliphatic carbocycles. The van der Waals surface area contributed by atoms with Crippen molar-refractivity contribution in [3.63, 3.8) is 0 Å². The molecule has 1 aliphatic heterocycles. The van der Waals surface area contributed by atoms with E-state index in [1.54, 1.807) is 44.2 Å². The van der Waals surface area contributed by atoms with Crippen LogP contribution in [0.1, 0.15) is 31.9 Å². The Labute approximate surface area is 181 Å². The summed E-state index contributed by atoms with van der Waals surface area (Å²) in [5.41, 5.74) is 2.25. The molecule has 2 aromatic rings. The fourth-order valence-corrected chi connectivity index (χ4v) is 3.09. The van der Waals surface area contributed by atoms with Crippen molar-refractivity contribution in [1.82, 2.24) is 0 Å². The van der Waals surface area contributed by atoms with E-state index in [0.29, 0.717) is 28.1 Å². The minimum absolute atomic E-state index is 0.0433. The molecule has 3 rings (SSSR count). The molecule has 2 aromatic carbocycles. The van der Waals surface area contributed by atoms with Crippen molar-refractivity contribution < 1.29 is 28.6 Å². The van der Waals surface area contributed by atoms with E-state index in [2.05, 4.69) is 0 Å². The highest BCUT2D eigenvalue weighted by Crippen LogP contribution is 2.32. The second-order valence-electron chi connectivity index (χ2n) is 7.34. The van der Waals surface area contributed by atoms with Gasteiger partial charge in [0.2, 0.25) is 0 Å². The molecule has 0 atom stereocenters. The molecule has 0 unspecified atom stereocenters. The summed E-state index contributed by atoms with van der Waals surface area (Å²) in [5.74, 6) is -1.02. The van der Waals surface area contributed by atoms with Crippen molar-refractivity contribution in [2.45, 2.75) is 27.4 Å². The van der Waals surface area contributed by atoms with E-state index in [9.17, 15) is 14.4 Å². The molecule has 0 radical (unpaired) electrons. The lowest BCUT2D eigenvalue weighted by molar-refractivity contribution is -0.148. The average molecular weight is 423 g/mol. The average Bonchev–Trinajstić information content (AvgIpc) is 2.76. The van der Waals surface area contributed by atoms with Gasteiger partial charge in [-0.1, -0.05) is 62.4 Å². The Bertz CT molecular complexity index is 996. The third-order valence-corrected chi connectivity index (χ3v) is 4.70. The van der Waals surface area contributed by atoms with Crippen LogP contribution in [0.3, 0.4) is 0 Å². The number of amides is 1. The van der Waals surface area contributed by atoms with Crippen LogP contribution >= 0.6 is 0 Å². The van der Waals surface area contributed by atoms with Crippen molar-refractivity contribution in [3.05, 3.63) is 71.5 Å². The third-order valence-electron chi connectivity index (χ3n) is 4.70. The lowest BCUT2D eigenvalue weighted by atomic mass is 10.0. The summed E-state index contributed by atoms with van der Waals surface area (Å²) in [6.45, 7) is 4.68. The Hall–Kier alpha value is -3.61. The molecule has 1 amide bonds. The second kappa shape index (κ2) is 9.93. The molecule has 7 heteroatoms. The third kappa shape index (κ3) is 5.31. The zero-order valence-corrected chi connectivity index (χ0v) is 17.8. The van der Waals surface area contributed by atoms with Crippen LogP contribution in [-0.4, -0.2) is 31.2 Å². The van der Waals surface area contributed by atoms with Gasteiger partial charge in [0.1, 0.15) is 19.0 Å². The van der Waals surface area contributed by atoms with Crippen LogP contribution in [0.4, 0.5) is 5.69 Å². The van der Waals surface area contributed by atoms with Gasteiger partial charge < -0.3 is 14.2 Å². The number of rotatable bonds is 7. The Morgan fingerprint density at radius 1 is 1.00 bits per heavy atom. The first kappa shape index (κ1) is 22.1.